The van der Waals surface area contributed by atoms with Crippen molar-refractivity contribution in [2.24, 2.45) is 14.1 Å². The highest BCUT2D eigenvalue weighted by Crippen LogP contribution is 2.05. The summed E-state index contributed by atoms with van der Waals surface area (Å²) in [5, 5.41) is 7.65. The topological polar surface area (TPSA) is 95.1 Å². The van der Waals surface area contributed by atoms with Crippen molar-refractivity contribution in [3.63, 3.8) is 0 Å². The number of aryl methyl sites for hydroxylation is 1. The minimum atomic E-state index is -0.513. The number of nitrogens with zero attached hydrogens (tertiary/aromatic N) is 6. The molecule has 0 amide bonds. The van der Waals surface area contributed by atoms with Gasteiger partial charge in [0.2, 0.25) is 0 Å². The van der Waals surface area contributed by atoms with E-state index >= 15 is 0 Å². The first-order chi connectivity index (χ1) is 9.91. The molecule has 0 spiro atoms. The zero-order valence-corrected chi connectivity index (χ0v) is 12.5. The molecule has 9 nitrogen and oxygen atoms in total. The Morgan fingerprint density at radius 2 is 1.86 bits per heavy atom. The predicted octanol–water partition coefficient (Wildman–Crippen LogP) is -1.25. The molecular weight excluding hydrogens is 276 g/mol. The van der Waals surface area contributed by atoms with Crippen molar-refractivity contribution < 1.29 is 4.74 Å². The van der Waals surface area contributed by atoms with Gasteiger partial charge in [-0.25, -0.2) is 4.79 Å². The van der Waals surface area contributed by atoms with Gasteiger partial charge in [-0.1, -0.05) is 5.10 Å². The fraction of sp³-hybridized carbons (Fsp3) is 0.583. The van der Waals surface area contributed by atoms with Gasteiger partial charge in [0.25, 0.3) is 5.56 Å². The number of aromatic nitrogens is 5. The van der Waals surface area contributed by atoms with Crippen LogP contribution in [0.5, 0.6) is 6.01 Å². The van der Waals surface area contributed by atoms with E-state index in [1.54, 1.807) is 0 Å². The highest BCUT2D eigenvalue weighted by atomic mass is 16.5. The van der Waals surface area contributed by atoms with E-state index in [1.807, 2.05) is 19.0 Å². The van der Waals surface area contributed by atoms with Gasteiger partial charge in [-0.2, -0.15) is 4.98 Å². The molecule has 0 saturated heterocycles. The molecule has 21 heavy (non-hydrogen) atoms. The summed E-state index contributed by atoms with van der Waals surface area (Å²) in [5.74, 6) is 0. The van der Waals surface area contributed by atoms with Crippen LogP contribution in [-0.2, 0) is 14.1 Å². The average Bonchev–Trinajstić information content (AvgIpc) is 2.47. The van der Waals surface area contributed by atoms with Gasteiger partial charge < -0.3 is 9.64 Å². The third-order valence-electron chi connectivity index (χ3n) is 3.03. The summed E-state index contributed by atoms with van der Waals surface area (Å²) >= 11 is 0. The zero-order chi connectivity index (χ0) is 15.6. The van der Waals surface area contributed by atoms with Gasteiger partial charge >= 0.3 is 11.7 Å². The van der Waals surface area contributed by atoms with Crippen LogP contribution in [0, 0.1) is 0 Å². The number of ether oxygens (including phenoxy) is 1. The van der Waals surface area contributed by atoms with Crippen LogP contribution in [0.2, 0.25) is 0 Å². The van der Waals surface area contributed by atoms with Crippen LogP contribution < -0.4 is 16.0 Å². The summed E-state index contributed by atoms with van der Waals surface area (Å²) in [4.78, 5) is 29.9. The van der Waals surface area contributed by atoms with Crippen LogP contribution in [0.1, 0.15) is 6.42 Å². The first kappa shape index (κ1) is 15.1. The molecule has 0 radical (unpaired) electrons. The van der Waals surface area contributed by atoms with Crippen LogP contribution in [0.4, 0.5) is 0 Å². The Balaban J connectivity index is 2.30. The summed E-state index contributed by atoms with van der Waals surface area (Å²) in [6.45, 7) is 1.30. The molecule has 114 valence electrons. The van der Waals surface area contributed by atoms with Gasteiger partial charge in [0, 0.05) is 20.6 Å². The van der Waals surface area contributed by atoms with Crippen LogP contribution in [0.25, 0.3) is 11.2 Å². The van der Waals surface area contributed by atoms with Crippen molar-refractivity contribution in [2.75, 3.05) is 27.2 Å². The van der Waals surface area contributed by atoms with Gasteiger partial charge in [-0.15, -0.1) is 5.10 Å². The van der Waals surface area contributed by atoms with Gasteiger partial charge in [0.1, 0.15) is 0 Å². The maximum Gasteiger partial charge on any atom is 0.336 e. The van der Waals surface area contributed by atoms with Gasteiger partial charge in [-0.3, -0.25) is 13.9 Å². The predicted molar refractivity (Wildman–Crippen MR) is 76.5 cm³/mol. The molecule has 2 rings (SSSR count). The van der Waals surface area contributed by atoms with Gasteiger partial charge in [0.05, 0.1) is 6.61 Å². The molecule has 0 aliphatic carbocycles. The maximum atomic E-state index is 12.0. The Bertz CT molecular complexity index is 764. The second kappa shape index (κ2) is 6.00. The summed E-state index contributed by atoms with van der Waals surface area (Å²) in [5.41, 5.74) is -0.773. The van der Waals surface area contributed by atoms with E-state index in [9.17, 15) is 9.59 Å². The normalized spacial score (nSPS) is 11.3. The summed E-state index contributed by atoms with van der Waals surface area (Å²) in [6, 6.07) is 0.0389. The van der Waals surface area contributed by atoms with E-state index in [2.05, 4.69) is 15.2 Å². The van der Waals surface area contributed by atoms with E-state index < -0.39 is 11.2 Å². The van der Waals surface area contributed by atoms with E-state index in [4.69, 9.17) is 4.74 Å². The second-order valence-corrected chi connectivity index (χ2v) is 4.98. The smallest absolute Gasteiger partial charge is 0.336 e. The standard InChI is InChI=1S/C12H18N6O3/c1-16(2)6-5-7-21-11-13-8-9(14-15-11)17(3)12(20)18(4)10(8)19/h5-7H2,1-4H3. The molecule has 0 aliphatic rings. The van der Waals surface area contributed by atoms with E-state index in [0.717, 1.165) is 17.5 Å². The van der Waals surface area contributed by atoms with E-state index in [0.29, 0.717) is 6.61 Å². The second-order valence-electron chi connectivity index (χ2n) is 4.98. The molecule has 0 atom stereocenters. The third kappa shape index (κ3) is 3.07. The van der Waals surface area contributed by atoms with Crippen LogP contribution in [-0.4, -0.2) is 56.5 Å². The summed E-state index contributed by atoms with van der Waals surface area (Å²) < 4.78 is 7.59. The maximum absolute atomic E-state index is 12.0. The van der Waals surface area contributed by atoms with Crippen molar-refractivity contribution in [2.45, 2.75) is 6.42 Å². The number of fused-ring (bicyclic) bond motifs is 1. The van der Waals surface area contributed by atoms with Crippen molar-refractivity contribution >= 4 is 11.2 Å². The Labute approximate surface area is 120 Å². The largest absolute Gasteiger partial charge is 0.462 e. The molecule has 0 unspecified atom stereocenters. The Morgan fingerprint density at radius 3 is 2.52 bits per heavy atom. The molecular formula is C12H18N6O3. The van der Waals surface area contributed by atoms with Crippen molar-refractivity contribution in [1.29, 1.82) is 0 Å². The first-order valence-corrected chi connectivity index (χ1v) is 6.49. The molecule has 0 bridgehead atoms. The lowest BCUT2D eigenvalue weighted by Crippen LogP contribution is -2.37. The van der Waals surface area contributed by atoms with Crippen molar-refractivity contribution in [3.05, 3.63) is 20.8 Å². The molecule has 0 saturated carbocycles. The summed E-state index contributed by atoms with van der Waals surface area (Å²) in [7, 11) is 6.85. The quantitative estimate of drug-likeness (QED) is 0.636. The first-order valence-electron chi connectivity index (χ1n) is 6.49. The molecule has 0 aliphatic heterocycles. The van der Waals surface area contributed by atoms with E-state index in [-0.39, 0.29) is 17.2 Å². The van der Waals surface area contributed by atoms with Crippen molar-refractivity contribution in [1.82, 2.24) is 29.2 Å². The Morgan fingerprint density at radius 1 is 1.14 bits per heavy atom. The highest BCUT2D eigenvalue weighted by Gasteiger charge is 2.13. The molecule has 2 aromatic rings. The molecule has 2 aromatic heterocycles. The molecule has 0 aromatic carbocycles. The fourth-order valence-electron chi connectivity index (χ4n) is 1.84. The SMILES string of the molecule is CN(C)CCCOc1nnc2c(n1)c(=O)n(C)c(=O)n2C. The Kier molecular flexibility index (Phi) is 4.32. The molecule has 2 heterocycles. The lowest BCUT2D eigenvalue weighted by Gasteiger charge is -2.09. The zero-order valence-electron chi connectivity index (χ0n) is 12.5. The minimum Gasteiger partial charge on any atom is -0.462 e. The molecule has 0 fully saturated rings. The highest BCUT2D eigenvalue weighted by molar-refractivity contribution is 5.67. The van der Waals surface area contributed by atoms with Gasteiger partial charge in [0.15, 0.2) is 11.2 Å². The summed E-state index contributed by atoms with van der Waals surface area (Å²) in [6.07, 6.45) is 0.805. The third-order valence-corrected chi connectivity index (χ3v) is 3.03. The Hall–Kier alpha value is -2.29. The lowest BCUT2D eigenvalue weighted by molar-refractivity contribution is 0.262. The van der Waals surface area contributed by atoms with E-state index in [1.165, 1.54) is 18.7 Å². The lowest BCUT2D eigenvalue weighted by atomic mass is 10.4. The van der Waals surface area contributed by atoms with Gasteiger partial charge in [-0.05, 0) is 20.5 Å². The fourth-order valence-corrected chi connectivity index (χ4v) is 1.84. The molecule has 0 N–H and O–H groups in total. The monoisotopic (exact) mass is 294 g/mol. The average molecular weight is 294 g/mol. The van der Waals surface area contributed by atoms with Crippen LogP contribution in [0.3, 0.4) is 0 Å². The minimum absolute atomic E-state index is 0.0389. The number of hydrogen-bond acceptors (Lipinski definition) is 7. The number of hydrogen-bond donors (Lipinski definition) is 0. The molecule has 9 heteroatoms. The number of rotatable bonds is 5. The van der Waals surface area contributed by atoms with Crippen LogP contribution in [0.15, 0.2) is 9.59 Å². The van der Waals surface area contributed by atoms with Crippen LogP contribution >= 0.6 is 0 Å². The van der Waals surface area contributed by atoms with Crippen molar-refractivity contribution in [3.8, 4) is 6.01 Å².